The minimum Gasteiger partial charge on any atom is -0.258 e. The highest BCUT2D eigenvalue weighted by Crippen LogP contribution is 2.52. The normalized spacial score (nSPS) is 33.5. The Morgan fingerprint density at radius 3 is 2.87 bits per heavy atom. The van der Waals surface area contributed by atoms with Gasteiger partial charge in [-0.15, -0.1) is 0 Å². The van der Waals surface area contributed by atoms with E-state index in [1.165, 1.54) is 37.1 Å². The molecule has 3 rings (SSSR count). The van der Waals surface area contributed by atoms with Crippen LogP contribution < -0.4 is 0 Å². The molecule has 0 radical (unpaired) electrons. The summed E-state index contributed by atoms with van der Waals surface area (Å²) >= 11 is 0. The van der Waals surface area contributed by atoms with E-state index in [4.69, 9.17) is 4.98 Å². The molecular weight excluding hydrogens is 182 g/mol. The molecule has 15 heavy (non-hydrogen) atoms. The van der Waals surface area contributed by atoms with Gasteiger partial charge in [0.25, 0.3) is 0 Å². The van der Waals surface area contributed by atoms with Gasteiger partial charge in [0, 0.05) is 17.3 Å². The molecule has 2 bridgehead atoms. The first-order valence-electron chi connectivity index (χ1n) is 6.32. The van der Waals surface area contributed by atoms with E-state index in [0.717, 1.165) is 24.2 Å². The van der Waals surface area contributed by atoms with Crippen molar-refractivity contribution < 1.29 is 0 Å². The average Bonchev–Trinajstić information content (AvgIpc) is 2.91. The number of pyridine rings is 1. The third-order valence-corrected chi connectivity index (χ3v) is 4.31. The Kier molecular flexibility index (Phi) is 2.27. The molecule has 3 unspecified atom stereocenters. The molecule has 1 aromatic heterocycles. The topological polar surface area (TPSA) is 12.9 Å². The summed E-state index contributed by atoms with van der Waals surface area (Å²) in [6.45, 7) is 2.19. The van der Waals surface area contributed by atoms with E-state index in [2.05, 4.69) is 25.1 Å². The molecule has 2 saturated carbocycles. The Morgan fingerprint density at radius 2 is 2.20 bits per heavy atom. The highest BCUT2D eigenvalue weighted by molar-refractivity contribution is 5.18. The van der Waals surface area contributed by atoms with E-state index in [-0.39, 0.29) is 0 Å². The second-order valence-corrected chi connectivity index (χ2v) is 5.19. The summed E-state index contributed by atoms with van der Waals surface area (Å²) in [6.07, 6.45) is 6.88. The maximum Gasteiger partial charge on any atom is 0.0440 e. The summed E-state index contributed by atoms with van der Waals surface area (Å²) in [5.41, 5.74) is 2.64. The molecule has 0 N–H and O–H groups in total. The molecule has 1 heteroatoms. The Hall–Kier alpha value is -0.850. The molecule has 0 aromatic carbocycles. The molecule has 1 aromatic rings. The zero-order valence-electron chi connectivity index (χ0n) is 9.45. The molecular formula is C14H19N. The fourth-order valence-electron chi connectivity index (χ4n) is 3.51. The van der Waals surface area contributed by atoms with Gasteiger partial charge in [-0.2, -0.15) is 0 Å². The van der Waals surface area contributed by atoms with Gasteiger partial charge in [-0.3, -0.25) is 4.98 Å². The van der Waals surface area contributed by atoms with Crippen LogP contribution in [0.4, 0.5) is 0 Å². The fourth-order valence-corrected chi connectivity index (χ4v) is 3.51. The second kappa shape index (κ2) is 3.62. The van der Waals surface area contributed by atoms with Crippen LogP contribution in [0.3, 0.4) is 0 Å². The third-order valence-electron chi connectivity index (χ3n) is 4.31. The van der Waals surface area contributed by atoms with Crippen LogP contribution in [0.15, 0.2) is 18.2 Å². The van der Waals surface area contributed by atoms with Crippen LogP contribution in [-0.2, 0) is 6.42 Å². The maximum absolute atomic E-state index is 4.79. The van der Waals surface area contributed by atoms with Crippen LogP contribution >= 0.6 is 0 Å². The SMILES string of the molecule is CCc1cccc(C2CC3CCC2C3)n1. The lowest BCUT2D eigenvalue weighted by Gasteiger charge is -2.21. The Balaban J connectivity index is 1.86. The van der Waals surface area contributed by atoms with Crippen molar-refractivity contribution in [2.75, 3.05) is 0 Å². The standard InChI is InChI=1S/C14H19N/c1-2-12-4-3-5-14(15-12)13-9-10-6-7-11(13)8-10/h3-5,10-11,13H,2,6-9H2,1H3. The molecule has 0 amide bonds. The molecule has 2 aliphatic carbocycles. The molecule has 0 saturated heterocycles. The van der Waals surface area contributed by atoms with Gasteiger partial charge in [-0.25, -0.2) is 0 Å². The van der Waals surface area contributed by atoms with Crippen molar-refractivity contribution in [2.24, 2.45) is 11.8 Å². The minimum atomic E-state index is 0.787. The predicted molar refractivity (Wildman–Crippen MR) is 61.8 cm³/mol. The van der Waals surface area contributed by atoms with Crippen LogP contribution in [0.5, 0.6) is 0 Å². The van der Waals surface area contributed by atoms with Gasteiger partial charge in [0.2, 0.25) is 0 Å². The largest absolute Gasteiger partial charge is 0.258 e. The molecule has 1 nitrogen and oxygen atoms in total. The zero-order chi connectivity index (χ0) is 10.3. The lowest BCUT2D eigenvalue weighted by Crippen LogP contribution is -2.10. The number of nitrogens with zero attached hydrogens (tertiary/aromatic N) is 1. The lowest BCUT2D eigenvalue weighted by atomic mass is 9.86. The molecule has 3 atom stereocenters. The van der Waals surface area contributed by atoms with Crippen LogP contribution in [0.25, 0.3) is 0 Å². The van der Waals surface area contributed by atoms with Crippen molar-refractivity contribution in [3.05, 3.63) is 29.6 Å². The van der Waals surface area contributed by atoms with Crippen LogP contribution in [0.1, 0.15) is 49.9 Å². The number of hydrogen-bond donors (Lipinski definition) is 0. The summed E-state index contributed by atoms with van der Waals surface area (Å²) < 4.78 is 0. The fraction of sp³-hybridized carbons (Fsp3) is 0.643. The van der Waals surface area contributed by atoms with Gasteiger partial charge in [-0.05, 0) is 49.7 Å². The minimum absolute atomic E-state index is 0.787. The second-order valence-electron chi connectivity index (χ2n) is 5.19. The zero-order valence-corrected chi connectivity index (χ0v) is 9.45. The first-order chi connectivity index (χ1) is 7.36. The smallest absolute Gasteiger partial charge is 0.0440 e. The molecule has 0 aliphatic heterocycles. The summed E-state index contributed by atoms with van der Waals surface area (Å²) in [7, 11) is 0. The van der Waals surface area contributed by atoms with Crippen molar-refractivity contribution in [1.82, 2.24) is 4.98 Å². The number of rotatable bonds is 2. The van der Waals surface area contributed by atoms with Gasteiger partial charge >= 0.3 is 0 Å². The third kappa shape index (κ3) is 1.58. The summed E-state index contributed by atoms with van der Waals surface area (Å²) in [5.74, 6) is 2.76. The van der Waals surface area contributed by atoms with Gasteiger partial charge in [0.15, 0.2) is 0 Å². The van der Waals surface area contributed by atoms with Crippen LogP contribution in [0, 0.1) is 11.8 Å². The van der Waals surface area contributed by atoms with Gasteiger partial charge < -0.3 is 0 Å². The summed E-state index contributed by atoms with van der Waals surface area (Å²) in [5, 5.41) is 0. The van der Waals surface area contributed by atoms with E-state index in [1.54, 1.807) is 0 Å². The van der Waals surface area contributed by atoms with E-state index in [9.17, 15) is 0 Å². The van der Waals surface area contributed by atoms with Crippen LogP contribution in [0.2, 0.25) is 0 Å². The Morgan fingerprint density at radius 1 is 1.27 bits per heavy atom. The van der Waals surface area contributed by atoms with E-state index in [1.807, 2.05) is 0 Å². The maximum atomic E-state index is 4.79. The molecule has 1 heterocycles. The van der Waals surface area contributed by atoms with E-state index < -0.39 is 0 Å². The van der Waals surface area contributed by atoms with E-state index in [0.29, 0.717) is 0 Å². The molecule has 0 spiro atoms. The molecule has 2 fully saturated rings. The van der Waals surface area contributed by atoms with Crippen molar-refractivity contribution in [2.45, 2.75) is 44.9 Å². The van der Waals surface area contributed by atoms with Crippen molar-refractivity contribution in [3.63, 3.8) is 0 Å². The molecule has 2 aliphatic rings. The van der Waals surface area contributed by atoms with Crippen LogP contribution in [-0.4, -0.2) is 4.98 Å². The summed E-state index contributed by atoms with van der Waals surface area (Å²) in [4.78, 5) is 4.79. The average molecular weight is 201 g/mol. The molecule has 80 valence electrons. The van der Waals surface area contributed by atoms with Crippen molar-refractivity contribution in [1.29, 1.82) is 0 Å². The Bertz CT molecular complexity index is 358. The lowest BCUT2D eigenvalue weighted by molar-refractivity contribution is 0.412. The Labute approximate surface area is 91.9 Å². The highest BCUT2D eigenvalue weighted by atomic mass is 14.7. The number of aromatic nitrogens is 1. The predicted octanol–water partition coefficient (Wildman–Crippen LogP) is 3.55. The number of fused-ring (bicyclic) bond motifs is 2. The number of aryl methyl sites for hydroxylation is 1. The van der Waals surface area contributed by atoms with Gasteiger partial charge in [0.05, 0.1) is 0 Å². The van der Waals surface area contributed by atoms with Crippen molar-refractivity contribution in [3.8, 4) is 0 Å². The van der Waals surface area contributed by atoms with Gasteiger partial charge in [-0.1, -0.05) is 19.4 Å². The summed E-state index contributed by atoms with van der Waals surface area (Å²) in [6, 6.07) is 6.58. The highest BCUT2D eigenvalue weighted by Gasteiger charge is 2.40. The van der Waals surface area contributed by atoms with Gasteiger partial charge in [0.1, 0.15) is 0 Å². The first-order valence-corrected chi connectivity index (χ1v) is 6.32. The quantitative estimate of drug-likeness (QED) is 0.713. The van der Waals surface area contributed by atoms with Crippen molar-refractivity contribution >= 4 is 0 Å². The first kappa shape index (κ1) is 9.38. The van der Waals surface area contributed by atoms with E-state index >= 15 is 0 Å². The number of hydrogen-bond acceptors (Lipinski definition) is 1. The monoisotopic (exact) mass is 201 g/mol.